The Morgan fingerprint density at radius 1 is 1.21 bits per heavy atom. The van der Waals surface area contributed by atoms with E-state index in [-0.39, 0.29) is 0 Å². The van der Waals surface area contributed by atoms with Crippen LogP contribution in [0.1, 0.15) is 0 Å². The summed E-state index contributed by atoms with van der Waals surface area (Å²) < 4.78 is 16.0. The quantitative estimate of drug-likeness (QED) is 0.337. The van der Waals surface area contributed by atoms with Crippen LogP contribution in [0.4, 0.5) is 5.00 Å². The maximum Gasteiger partial charge on any atom is 0.202 e. The van der Waals surface area contributed by atoms with Gasteiger partial charge in [0.1, 0.15) is 24.5 Å². The molecule has 0 spiro atoms. The van der Waals surface area contributed by atoms with Crippen molar-refractivity contribution in [2.75, 3.05) is 14.5 Å². The van der Waals surface area contributed by atoms with Gasteiger partial charge in [-0.15, -0.1) is 10.2 Å². The van der Waals surface area contributed by atoms with Gasteiger partial charge in [-0.1, -0.05) is 11.3 Å². The van der Waals surface area contributed by atoms with Gasteiger partial charge in [-0.3, -0.25) is 4.57 Å². The van der Waals surface area contributed by atoms with Crippen LogP contribution in [0.5, 0.6) is 11.5 Å². The highest BCUT2D eigenvalue weighted by atomic mass is 127. The second kappa shape index (κ2) is 7.21. The molecule has 1 aliphatic heterocycles. The van der Waals surface area contributed by atoms with Gasteiger partial charge in [0.05, 0.1) is 57.6 Å². The standard InChI is InChI=1S/C13H9I2N5O2S2/c14-20(15)11-6-16-13(23-11)24-12-18-17-7-19(12)8-1-2-9-10(5-8)22-4-3-21-9/h1-2,5-7H,3-4H2. The van der Waals surface area contributed by atoms with Gasteiger partial charge < -0.3 is 9.47 Å². The fourth-order valence-electron chi connectivity index (χ4n) is 2.11. The first-order chi connectivity index (χ1) is 11.7. The van der Waals surface area contributed by atoms with Gasteiger partial charge in [-0.2, -0.15) is 0 Å². The molecular weight excluding hydrogens is 576 g/mol. The van der Waals surface area contributed by atoms with Gasteiger partial charge in [0.25, 0.3) is 0 Å². The monoisotopic (exact) mass is 585 g/mol. The van der Waals surface area contributed by atoms with Crippen LogP contribution in [-0.2, 0) is 0 Å². The zero-order valence-electron chi connectivity index (χ0n) is 11.9. The minimum atomic E-state index is 0.561. The first kappa shape index (κ1) is 16.7. The summed E-state index contributed by atoms with van der Waals surface area (Å²) in [4.78, 5) is 4.42. The summed E-state index contributed by atoms with van der Waals surface area (Å²) in [6.07, 6.45) is 3.53. The highest BCUT2D eigenvalue weighted by Gasteiger charge is 2.16. The molecule has 124 valence electrons. The number of thiazole rings is 1. The van der Waals surface area contributed by atoms with Crippen LogP contribution in [0.2, 0.25) is 0 Å². The lowest BCUT2D eigenvalue weighted by Crippen LogP contribution is -2.15. The van der Waals surface area contributed by atoms with Crippen molar-refractivity contribution >= 4 is 73.8 Å². The third kappa shape index (κ3) is 3.43. The Hall–Kier alpha value is -0.800. The minimum absolute atomic E-state index is 0.561. The highest BCUT2D eigenvalue weighted by Crippen LogP contribution is 2.38. The van der Waals surface area contributed by atoms with E-state index >= 15 is 0 Å². The van der Waals surface area contributed by atoms with E-state index in [1.54, 1.807) is 17.7 Å². The molecule has 0 aliphatic carbocycles. The first-order valence-corrected chi connectivity index (χ1v) is 10.3. The minimum Gasteiger partial charge on any atom is -0.486 e. The fourth-order valence-corrected chi connectivity index (χ4v) is 4.65. The molecule has 0 fully saturated rings. The average molecular weight is 585 g/mol. The van der Waals surface area contributed by atoms with Crippen molar-refractivity contribution in [1.82, 2.24) is 19.7 Å². The van der Waals surface area contributed by atoms with Crippen molar-refractivity contribution < 1.29 is 9.47 Å². The van der Waals surface area contributed by atoms with E-state index in [1.807, 2.05) is 30.3 Å². The van der Waals surface area contributed by atoms with Crippen molar-refractivity contribution in [2.24, 2.45) is 0 Å². The number of fused-ring (bicyclic) bond motifs is 1. The lowest BCUT2D eigenvalue weighted by Gasteiger charge is -2.19. The Balaban J connectivity index is 1.62. The number of nitrogens with zero attached hydrogens (tertiary/aromatic N) is 5. The van der Waals surface area contributed by atoms with Crippen molar-refractivity contribution in [1.29, 1.82) is 0 Å². The van der Waals surface area contributed by atoms with E-state index in [4.69, 9.17) is 9.47 Å². The average Bonchev–Trinajstić information content (AvgIpc) is 3.24. The third-order valence-electron chi connectivity index (χ3n) is 3.14. The summed E-state index contributed by atoms with van der Waals surface area (Å²) in [6, 6.07) is 5.81. The first-order valence-electron chi connectivity index (χ1n) is 6.76. The van der Waals surface area contributed by atoms with Crippen molar-refractivity contribution in [3.05, 3.63) is 30.7 Å². The van der Waals surface area contributed by atoms with E-state index in [2.05, 4.69) is 60.9 Å². The molecule has 0 saturated carbocycles. The zero-order valence-corrected chi connectivity index (χ0v) is 17.9. The number of aromatic nitrogens is 4. The molecule has 3 aromatic rings. The summed E-state index contributed by atoms with van der Waals surface area (Å²) in [5, 5.41) is 10.1. The Kier molecular flexibility index (Phi) is 5.00. The molecule has 0 N–H and O–H groups in total. The maximum absolute atomic E-state index is 5.65. The molecule has 24 heavy (non-hydrogen) atoms. The zero-order chi connectivity index (χ0) is 16.5. The van der Waals surface area contributed by atoms with Gasteiger partial charge in [-0.25, -0.2) is 6.31 Å². The Morgan fingerprint density at radius 2 is 2.04 bits per heavy atom. The predicted octanol–water partition coefficient (Wildman–Crippen LogP) is 4.15. The van der Waals surface area contributed by atoms with E-state index in [9.17, 15) is 0 Å². The van der Waals surface area contributed by atoms with Crippen LogP contribution in [0.25, 0.3) is 5.69 Å². The van der Waals surface area contributed by atoms with Crippen LogP contribution in [0, 0.1) is 0 Å². The van der Waals surface area contributed by atoms with E-state index in [0.717, 1.165) is 31.7 Å². The van der Waals surface area contributed by atoms with Gasteiger partial charge in [0, 0.05) is 6.07 Å². The molecule has 7 nitrogen and oxygen atoms in total. The predicted molar refractivity (Wildman–Crippen MR) is 109 cm³/mol. The molecule has 2 aromatic heterocycles. The molecule has 0 atom stereocenters. The summed E-state index contributed by atoms with van der Waals surface area (Å²) in [7, 11) is 0. The van der Waals surface area contributed by atoms with E-state index in [0.29, 0.717) is 13.2 Å². The highest BCUT2D eigenvalue weighted by molar-refractivity contribution is 14.2. The second-order valence-corrected chi connectivity index (χ2v) is 10.6. The molecule has 4 rings (SSSR count). The van der Waals surface area contributed by atoms with Crippen LogP contribution >= 0.6 is 68.8 Å². The number of anilines is 1. The van der Waals surface area contributed by atoms with E-state index in [1.165, 1.54) is 11.8 Å². The molecule has 0 bridgehead atoms. The number of ether oxygens (including phenoxy) is 2. The Labute approximate surface area is 173 Å². The largest absolute Gasteiger partial charge is 0.486 e. The molecule has 0 amide bonds. The number of benzene rings is 1. The van der Waals surface area contributed by atoms with Gasteiger partial charge in [0.15, 0.2) is 15.8 Å². The lowest BCUT2D eigenvalue weighted by molar-refractivity contribution is 0.171. The molecule has 0 unspecified atom stereocenters. The SMILES string of the molecule is IN(I)c1cnc(Sc2nncn2-c2ccc3c(c2)OCCO3)s1. The van der Waals surface area contributed by atoms with Gasteiger partial charge >= 0.3 is 0 Å². The summed E-state index contributed by atoms with van der Waals surface area (Å²) in [6.45, 7) is 1.14. The normalized spacial score (nSPS) is 13.1. The van der Waals surface area contributed by atoms with Crippen LogP contribution in [0.15, 0.2) is 40.2 Å². The summed E-state index contributed by atoms with van der Waals surface area (Å²) in [5.41, 5.74) is 0.924. The molecular formula is C13H9I2N5O2S2. The number of hydrogen-bond donors (Lipinski definition) is 0. The van der Waals surface area contributed by atoms with Crippen molar-refractivity contribution in [3.63, 3.8) is 0 Å². The maximum atomic E-state index is 5.65. The van der Waals surface area contributed by atoms with Gasteiger partial charge in [-0.05, 0) is 23.9 Å². The molecule has 1 aliphatic rings. The Bertz CT molecular complexity index is 870. The van der Waals surface area contributed by atoms with E-state index < -0.39 is 0 Å². The summed E-state index contributed by atoms with van der Waals surface area (Å²) in [5.74, 6) is 1.51. The number of halogens is 2. The molecule has 3 heterocycles. The smallest absolute Gasteiger partial charge is 0.202 e. The Morgan fingerprint density at radius 3 is 2.83 bits per heavy atom. The van der Waals surface area contributed by atoms with Crippen molar-refractivity contribution in [3.8, 4) is 17.2 Å². The summed E-state index contributed by atoms with van der Waals surface area (Å²) >= 11 is 7.50. The van der Waals surface area contributed by atoms with Crippen LogP contribution < -0.4 is 10.8 Å². The van der Waals surface area contributed by atoms with Gasteiger partial charge in [0.2, 0.25) is 5.16 Å². The lowest BCUT2D eigenvalue weighted by atomic mass is 10.2. The fraction of sp³-hybridized carbons (Fsp3) is 0.154. The second-order valence-electron chi connectivity index (χ2n) is 4.61. The van der Waals surface area contributed by atoms with Crippen LogP contribution in [-0.4, -0.2) is 33.0 Å². The topological polar surface area (TPSA) is 65.3 Å². The number of hydrogen-bond acceptors (Lipinski definition) is 8. The third-order valence-corrected chi connectivity index (χ3v) is 6.85. The molecule has 11 heteroatoms. The van der Waals surface area contributed by atoms with Crippen LogP contribution in [0.3, 0.4) is 0 Å². The number of rotatable bonds is 4. The van der Waals surface area contributed by atoms with Crippen molar-refractivity contribution in [2.45, 2.75) is 9.50 Å². The molecule has 0 radical (unpaired) electrons. The molecule has 0 saturated heterocycles. The molecule has 1 aromatic carbocycles.